The van der Waals surface area contributed by atoms with E-state index in [1.54, 1.807) is 18.3 Å². The van der Waals surface area contributed by atoms with E-state index in [1.165, 1.54) is 4.88 Å². The van der Waals surface area contributed by atoms with Crippen molar-refractivity contribution in [2.24, 2.45) is 0 Å². The van der Waals surface area contributed by atoms with Crippen LogP contribution in [0.4, 0.5) is 0 Å². The molecule has 2 aliphatic rings. The summed E-state index contributed by atoms with van der Waals surface area (Å²) in [7, 11) is 0. The van der Waals surface area contributed by atoms with Crippen molar-refractivity contribution in [2.75, 3.05) is 19.6 Å². The minimum absolute atomic E-state index is 0.0984. The maximum Gasteiger partial charge on any atom is 0.255 e. The number of likely N-dealkylation sites (tertiary alicyclic amines) is 1. The lowest BCUT2D eigenvalue weighted by molar-refractivity contribution is -0.127. The highest BCUT2D eigenvalue weighted by Crippen LogP contribution is 2.27. The molecule has 2 amide bonds. The molecule has 0 aromatic carbocycles. The topological polar surface area (TPSA) is 66.4 Å². The van der Waals surface area contributed by atoms with Crippen LogP contribution in [0.3, 0.4) is 0 Å². The molecule has 0 aliphatic carbocycles. The second-order valence-electron chi connectivity index (χ2n) is 7.68. The average Bonchev–Trinajstić information content (AvgIpc) is 3.37. The van der Waals surface area contributed by atoms with Crippen LogP contribution in [-0.4, -0.2) is 51.2 Å². The Morgan fingerprint density at radius 2 is 2.14 bits per heavy atom. The third-order valence-corrected chi connectivity index (χ3v) is 6.63. The molecule has 4 heterocycles. The van der Waals surface area contributed by atoms with Crippen molar-refractivity contribution in [2.45, 2.75) is 52.0 Å². The van der Waals surface area contributed by atoms with Crippen LogP contribution in [0.25, 0.3) is 0 Å². The van der Waals surface area contributed by atoms with Crippen LogP contribution in [0.1, 0.15) is 64.9 Å². The van der Waals surface area contributed by atoms with Gasteiger partial charge in [-0.1, -0.05) is 13.3 Å². The number of amides is 2. The van der Waals surface area contributed by atoms with E-state index >= 15 is 0 Å². The van der Waals surface area contributed by atoms with E-state index in [1.807, 2.05) is 27.4 Å². The second kappa shape index (κ2) is 7.99. The molecule has 0 saturated carbocycles. The van der Waals surface area contributed by atoms with Gasteiger partial charge in [-0.15, -0.1) is 11.3 Å². The van der Waals surface area contributed by atoms with Crippen molar-refractivity contribution in [1.82, 2.24) is 19.8 Å². The standard InChI is InChI=1S/C21H26N4O2S/c1-3-4-18-9-16(13-28-18)21(27)25-8-6-19-17(12-25)10-22-20(23-19)15-5-7-24(11-15)14(2)26/h9-10,13,15H,3-8,11-12H2,1-2H3. The Bertz CT molecular complexity index is 894. The Morgan fingerprint density at radius 1 is 1.29 bits per heavy atom. The zero-order valence-corrected chi connectivity index (χ0v) is 17.3. The molecule has 148 valence electrons. The van der Waals surface area contributed by atoms with Crippen LogP contribution >= 0.6 is 11.3 Å². The van der Waals surface area contributed by atoms with Gasteiger partial charge in [0, 0.05) is 67.5 Å². The number of rotatable bonds is 4. The van der Waals surface area contributed by atoms with Crippen LogP contribution in [0.2, 0.25) is 0 Å². The van der Waals surface area contributed by atoms with Gasteiger partial charge in [-0.25, -0.2) is 9.97 Å². The number of hydrogen-bond acceptors (Lipinski definition) is 5. The molecule has 1 unspecified atom stereocenters. The van der Waals surface area contributed by atoms with Crippen LogP contribution in [0, 0.1) is 0 Å². The van der Waals surface area contributed by atoms with E-state index in [9.17, 15) is 9.59 Å². The summed E-state index contributed by atoms with van der Waals surface area (Å²) in [4.78, 5) is 38.8. The first kappa shape index (κ1) is 19.1. The van der Waals surface area contributed by atoms with Crippen molar-refractivity contribution in [3.8, 4) is 0 Å². The van der Waals surface area contributed by atoms with Gasteiger partial charge < -0.3 is 9.80 Å². The molecule has 0 radical (unpaired) electrons. The fourth-order valence-corrected chi connectivity index (χ4v) is 4.98. The summed E-state index contributed by atoms with van der Waals surface area (Å²) >= 11 is 1.67. The number of hydrogen-bond donors (Lipinski definition) is 0. The Morgan fingerprint density at radius 3 is 2.89 bits per heavy atom. The van der Waals surface area contributed by atoms with Gasteiger partial charge in [0.05, 0.1) is 11.3 Å². The smallest absolute Gasteiger partial charge is 0.255 e. The number of carbonyl (C=O) groups is 2. The van der Waals surface area contributed by atoms with Gasteiger partial charge in [-0.05, 0) is 18.9 Å². The summed E-state index contributed by atoms with van der Waals surface area (Å²) in [5, 5.41) is 1.98. The van der Waals surface area contributed by atoms with Crippen molar-refractivity contribution < 1.29 is 9.59 Å². The summed E-state index contributed by atoms with van der Waals surface area (Å²) in [5.41, 5.74) is 2.88. The molecule has 2 aromatic heterocycles. The number of fused-ring (bicyclic) bond motifs is 1. The molecule has 4 rings (SSSR count). The maximum absolute atomic E-state index is 12.9. The Kier molecular flexibility index (Phi) is 5.44. The summed E-state index contributed by atoms with van der Waals surface area (Å²) in [6.45, 7) is 6.50. The summed E-state index contributed by atoms with van der Waals surface area (Å²) in [6, 6.07) is 2.03. The molecule has 0 bridgehead atoms. The summed E-state index contributed by atoms with van der Waals surface area (Å²) in [6.07, 6.45) is 5.67. The monoisotopic (exact) mass is 398 g/mol. The van der Waals surface area contributed by atoms with Crippen molar-refractivity contribution in [1.29, 1.82) is 0 Å². The van der Waals surface area contributed by atoms with E-state index in [2.05, 4.69) is 11.9 Å². The van der Waals surface area contributed by atoms with Gasteiger partial charge in [0.25, 0.3) is 5.91 Å². The van der Waals surface area contributed by atoms with Crippen LogP contribution in [0.15, 0.2) is 17.6 Å². The van der Waals surface area contributed by atoms with Gasteiger partial charge in [-0.2, -0.15) is 0 Å². The third kappa shape index (κ3) is 3.81. The molecule has 6 nitrogen and oxygen atoms in total. The van der Waals surface area contributed by atoms with E-state index in [0.717, 1.165) is 54.9 Å². The van der Waals surface area contributed by atoms with Crippen LogP contribution in [-0.2, 0) is 24.2 Å². The molecule has 0 spiro atoms. The first-order chi connectivity index (χ1) is 13.5. The van der Waals surface area contributed by atoms with Gasteiger partial charge in [-0.3, -0.25) is 9.59 Å². The molecule has 7 heteroatoms. The molecular weight excluding hydrogens is 372 g/mol. The molecule has 1 saturated heterocycles. The maximum atomic E-state index is 12.9. The fraction of sp³-hybridized carbons (Fsp3) is 0.524. The largest absolute Gasteiger partial charge is 0.342 e. The van der Waals surface area contributed by atoms with Crippen molar-refractivity contribution >= 4 is 23.2 Å². The van der Waals surface area contributed by atoms with E-state index in [-0.39, 0.29) is 17.7 Å². The highest BCUT2D eigenvalue weighted by molar-refractivity contribution is 7.10. The van der Waals surface area contributed by atoms with Gasteiger partial charge in [0.15, 0.2) is 0 Å². The van der Waals surface area contributed by atoms with E-state index in [4.69, 9.17) is 4.98 Å². The molecule has 2 aromatic rings. The average molecular weight is 399 g/mol. The quantitative estimate of drug-likeness (QED) is 0.794. The van der Waals surface area contributed by atoms with Gasteiger partial charge in [0.1, 0.15) is 5.82 Å². The number of carbonyl (C=O) groups excluding carboxylic acids is 2. The molecule has 1 fully saturated rings. The lowest BCUT2D eigenvalue weighted by Gasteiger charge is -2.28. The van der Waals surface area contributed by atoms with E-state index in [0.29, 0.717) is 19.6 Å². The van der Waals surface area contributed by atoms with E-state index < -0.39 is 0 Å². The number of aromatic nitrogens is 2. The normalized spacial score (nSPS) is 19.0. The zero-order valence-electron chi connectivity index (χ0n) is 16.5. The number of nitrogens with zero attached hydrogens (tertiary/aromatic N) is 4. The number of thiophene rings is 1. The molecule has 0 N–H and O–H groups in total. The lowest BCUT2D eigenvalue weighted by Crippen LogP contribution is -2.36. The fourth-order valence-electron chi connectivity index (χ4n) is 4.01. The van der Waals surface area contributed by atoms with Crippen molar-refractivity contribution in [3.63, 3.8) is 0 Å². The van der Waals surface area contributed by atoms with Gasteiger partial charge >= 0.3 is 0 Å². The molecule has 2 aliphatic heterocycles. The highest BCUT2D eigenvalue weighted by atomic mass is 32.1. The lowest BCUT2D eigenvalue weighted by atomic mass is 10.0. The summed E-state index contributed by atoms with van der Waals surface area (Å²) in [5.74, 6) is 1.27. The van der Waals surface area contributed by atoms with Gasteiger partial charge in [0.2, 0.25) is 5.91 Å². The zero-order chi connectivity index (χ0) is 19.7. The Hall–Kier alpha value is -2.28. The molecule has 1 atom stereocenters. The summed E-state index contributed by atoms with van der Waals surface area (Å²) < 4.78 is 0. The van der Waals surface area contributed by atoms with Crippen molar-refractivity contribution in [3.05, 3.63) is 45.2 Å². The number of aryl methyl sites for hydroxylation is 1. The highest BCUT2D eigenvalue weighted by Gasteiger charge is 2.29. The second-order valence-corrected chi connectivity index (χ2v) is 8.67. The molecule has 28 heavy (non-hydrogen) atoms. The Balaban J connectivity index is 1.44. The SMILES string of the molecule is CCCc1cc(C(=O)N2CCc3nc(C4CCN(C(C)=O)C4)ncc3C2)cs1. The predicted octanol–water partition coefficient (Wildman–Crippen LogP) is 3.02. The molecular formula is C21H26N4O2S. The predicted molar refractivity (Wildman–Crippen MR) is 108 cm³/mol. The minimum Gasteiger partial charge on any atom is -0.342 e. The minimum atomic E-state index is 0.0984. The first-order valence-corrected chi connectivity index (χ1v) is 10.9. The van der Waals surface area contributed by atoms with Crippen LogP contribution in [0.5, 0.6) is 0 Å². The first-order valence-electron chi connectivity index (χ1n) is 10.0. The Labute approximate surface area is 169 Å². The van der Waals surface area contributed by atoms with Crippen LogP contribution < -0.4 is 0 Å². The third-order valence-electron chi connectivity index (χ3n) is 5.64.